The van der Waals surface area contributed by atoms with E-state index in [2.05, 4.69) is 41.1 Å². The van der Waals surface area contributed by atoms with Crippen molar-refractivity contribution >= 4 is 0 Å². The summed E-state index contributed by atoms with van der Waals surface area (Å²) < 4.78 is 0. The van der Waals surface area contributed by atoms with Crippen LogP contribution in [-0.4, -0.2) is 42.0 Å². The van der Waals surface area contributed by atoms with Gasteiger partial charge in [0.15, 0.2) is 0 Å². The summed E-state index contributed by atoms with van der Waals surface area (Å²) in [6.45, 7) is 5.60. The van der Waals surface area contributed by atoms with E-state index in [4.69, 9.17) is 5.73 Å². The van der Waals surface area contributed by atoms with Crippen molar-refractivity contribution in [2.24, 2.45) is 5.73 Å². The van der Waals surface area contributed by atoms with E-state index in [9.17, 15) is 0 Å². The van der Waals surface area contributed by atoms with Crippen LogP contribution in [0.15, 0.2) is 24.3 Å². The fourth-order valence-electron chi connectivity index (χ4n) is 3.60. The van der Waals surface area contributed by atoms with Gasteiger partial charge in [-0.15, -0.1) is 0 Å². The molecule has 2 aliphatic heterocycles. The van der Waals surface area contributed by atoms with E-state index < -0.39 is 0 Å². The number of hydrogen-bond acceptors (Lipinski definition) is 3. The molecule has 3 nitrogen and oxygen atoms in total. The number of likely N-dealkylation sites (tertiary alicyclic amines) is 1. The molecular weight excluding hydrogens is 234 g/mol. The molecule has 2 heterocycles. The van der Waals surface area contributed by atoms with Gasteiger partial charge in [0, 0.05) is 37.8 Å². The van der Waals surface area contributed by atoms with Gasteiger partial charge >= 0.3 is 0 Å². The second-order valence-electron chi connectivity index (χ2n) is 6.31. The van der Waals surface area contributed by atoms with Crippen LogP contribution in [0, 0.1) is 0 Å². The molecule has 0 unspecified atom stereocenters. The fraction of sp³-hybridized carbons (Fsp3) is 0.625. The highest BCUT2D eigenvalue weighted by Crippen LogP contribution is 2.31. The zero-order valence-corrected chi connectivity index (χ0v) is 12.0. The van der Waals surface area contributed by atoms with E-state index in [1.807, 2.05) is 6.92 Å². The molecule has 1 aromatic carbocycles. The summed E-state index contributed by atoms with van der Waals surface area (Å²) in [7, 11) is 2.25. The summed E-state index contributed by atoms with van der Waals surface area (Å²) in [5.41, 5.74) is 8.55. The van der Waals surface area contributed by atoms with E-state index in [0.717, 1.165) is 18.6 Å². The van der Waals surface area contributed by atoms with Gasteiger partial charge in [0.05, 0.1) is 0 Å². The van der Waals surface area contributed by atoms with Gasteiger partial charge in [-0.3, -0.25) is 4.90 Å². The number of likely N-dealkylation sites (N-methyl/N-ethyl adjacent to an activating group) is 1. The summed E-state index contributed by atoms with van der Waals surface area (Å²) >= 11 is 0. The molecule has 0 amide bonds. The molecule has 19 heavy (non-hydrogen) atoms. The van der Waals surface area contributed by atoms with Crippen LogP contribution in [0.4, 0.5) is 0 Å². The van der Waals surface area contributed by atoms with Crippen LogP contribution in [0.2, 0.25) is 0 Å². The normalized spacial score (nSPS) is 29.6. The Labute approximate surface area is 116 Å². The maximum Gasteiger partial charge on any atom is 0.0266 e. The Bertz CT molecular complexity index is 412. The number of rotatable bonds is 3. The highest BCUT2D eigenvalue weighted by molar-refractivity contribution is 5.24. The summed E-state index contributed by atoms with van der Waals surface area (Å²) in [4.78, 5) is 5.19. The lowest BCUT2D eigenvalue weighted by Gasteiger charge is -2.39. The third-order valence-corrected chi connectivity index (χ3v) is 4.69. The first-order valence-corrected chi connectivity index (χ1v) is 7.42. The highest BCUT2D eigenvalue weighted by atomic mass is 15.3. The lowest BCUT2D eigenvalue weighted by Crippen LogP contribution is -2.51. The second-order valence-corrected chi connectivity index (χ2v) is 6.31. The van der Waals surface area contributed by atoms with Crippen molar-refractivity contribution in [3.05, 3.63) is 35.4 Å². The van der Waals surface area contributed by atoms with Gasteiger partial charge in [0.1, 0.15) is 0 Å². The SMILES string of the molecule is C[C@H](N)c1ccc(CN2[C@H]3CC[C@H]2CN(C)C3)cc1. The minimum absolute atomic E-state index is 0.133. The second kappa shape index (κ2) is 5.23. The summed E-state index contributed by atoms with van der Waals surface area (Å²) in [5, 5.41) is 0. The van der Waals surface area contributed by atoms with Crippen LogP contribution in [0.1, 0.15) is 36.9 Å². The van der Waals surface area contributed by atoms with Gasteiger partial charge in [-0.1, -0.05) is 24.3 Å². The predicted molar refractivity (Wildman–Crippen MR) is 78.9 cm³/mol. The quantitative estimate of drug-likeness (QED) is 0.901. The Morgan fingerprint density at radius 1 is 1.16 bits per heavy atom. The largest absolute Gasteiger partial charge is 0.324 e. The van der Waals surface area contributed by atoms with Gasteiger partial charge in [-0.25, -0.2) is 0 Å². The lowest BCUT2D eigenvalue weighted by atomic mass is 10.1. The van der Waals surface area contributed by atoms with E-state index in [-0.39, 0.29) is 6.04 Å². The lowest BCUT2D eigenvalue weighted by molar-refractivity contribution is 0.0760. The van der Waals surface area contributed by atoms with Gasteiger partial charge in [-0.2, -0.15) is 0 Å². The summed E-state index contributed by atoms with van der Waals surface area (Å²) in [6.07, 6.45) is 2.74. The predicted octanol–water partition coefficient (Wildman–Crippen LogP) is 1.98. The first-order valence-electron chi connectivity index (χ1n) is 7.42. The topological polar surface area (TPSA) is 32.5 Å². The molecule has 0 spiro atoms. The third-order valence-electron chi connectivity index (χ3n) is 4.69. The Balaban J connectivity index is 1.68. The zero-order valence-electron chi connectivity index (χ0n) is 12.0. The number of fused-ring (bicyclic) bond motifs is 2. The molecule has 0 radical (unpaired) electrons. The Morgan fingerprint density at radius 2 is 1.74 bits per heavy atom. The third kappa shape index (κ3) is 2.69. The molecule has 0 saturated carbocycles. The zero-order chi connectivity index (χ0) is 13.4. The molecule has 2 aliphatic rings. The highest BCUT2D eigenvalue weighted by Gasteiger charge is 2.38. The minimum Gasteiger partial charge on any atom is -0.324 e. The number of nitrogens with two attached hydrogens (primary N) is 1. The van der Waals surface area contributed by atoms with Crippen LogP contribution in [0.3, 0.4) is 0 Å². The molecule has 2 bridgehead atoms. The van der Waals surface area contributed by atoms with Crippen molar-refractivity contribution in [1.82, 2.24) is 9.80 Å². The monoisotopic (exact) mass is 259 g/mol. The molecule has 3 heteroatoms. The van der Waals surface area contributed by atoms with Gasteiger partial charge in [-0.05, 0) is 37.9 Å². The maximum absolute atomic E-state index is 5.90. The van der Waals surface area contributed by atoms with Crippen molar-refractivity contribution in [2.75, 3.05) is 20.1 Å². The molecule has 0 aliphatic carbocycles. The van der Waals surface area contributed by atoms with E-state index in [1.165, 1.54) is 37.1 Å². The van der Waals surface area contributed by atoms with Gasteiger partial charge in [0.2, 0.25) is 0 Å². The van der Waals surface area contributed by atoms with Crippen LogP contribution >= 0.6 is 0 Å². The minimum atomic E-state index is 0.133. The average Bonchev–Trinajstić information content (AvgIpc) is 2.62. The molecule has 2 fully saturated rings. The van der Waals surface area contributed by atoms with Crippen molar-refractivity contribution in [3.8, 4) is 0 Å². The van der Waals surface area contributed by atoms with Crippen molar-refractivity contribution < 1.29 is 0 Å². The number of nitrogens with zero attached hydrogens (tertiary/aromatic N) is 2. The van der Waals surface area contributed by atoms with Crippen molar-refractivity contribution in [1.29, 1.82) is 0 Å². The van der Waals surface area contributed by atoms with Crippen LogP contribution in [0.25, 0.3) is 0 Å². The standard InChI is InChI=1S/C16H25N3/c1-12(17)14-5-3-13(4-6-14)9-19-15-7-8-16(19)11-18(2)10-15/h3-6,12,15-16H,7-11,17H2,1-2H3/t12-,15-,16-/m0/s1. The Hall–Kier alpha value is -0.900. The Kier molecular flexibility index (Phi) is 3.61. The van der Waals surface area contributed by atoms with Crippen molar-refractivity contribution in [2.45, 2.75) is 44.4 Å². The molecular formula is C16H25N3. The first kappa shape index (κ1) is 13.1. The maximum atomic E-state index is 5.90. The first-order chi connectivity index (χ1) is 9.13. The smallest absolute Gasteiger partial charge is 0.0266 e. The Morgan fingerprint density at radius 3 is 2.26 bits per heavy atom. The fourth-order valence-corrected chi connectivity index (χ4v) is 3.60. The van der Waals surface area contributed by atoms with Gasteiger partial charge < -0.3 is 10.6 Å². The van der Waals surface area contributed by atoms with Crippen LogP contribution in [0.5, 0.6) is 0 Å². The van der Waals surface area contributed by atoms with E-state index >= 15 is 0 Å². The van der Waals surface area contributed by atoms with Crippen LogP contribution in [-0.2, 0) is 6.54 Å². The molecule has 3 atom stereocenters. The molecule has 2 N–H and O–H groups in total. The molecule has 0 aromatic heterocycles. The molecule has 2 saturated heterocycles. The summed E-state index contributed by atoms with van der Waals surface area (Å²) in [6, 6.07) is 10.5. The summed E-state index contributed by atoms with van der Waals surface area (Å²) in [5.74, 6) is 0. The van der Waals surface area contributed by atoms with Crippen molar-refractivity contribution in [3.63, 3.8) is 0 Å². The number of benzene rings is 1. The van der Waals surface area contributed by atoms with E-state index in [0.29, 0.717) is 0 Å². The van der Waals surface area contributed by atoms with E-state index in [1.54, 1.807) is 0 Å². The number of hydrogen-bond donors (Lipinski definition) is 1. The average molecular weight is 259 g/mol. The van der Waals surface area contributed by atoms with Gasteiger partial charge in [0.25, 0.3) is 0 Å². The molecule has 3 rings (SSSR count). The number of piperazine rings is 1. The molecule has 1 aromatic rings. The van der Waals surface area contributed by atoms with Crippen LogP contribution < -0.4 is 5.73 Å². The molecule has 104 valence electrons.